The summed E-state index contributed by atoms with van der Waals surface area (Å²) >= 11 is 5.45. The van der Waals surface area contributed by atoms with Gasteiger partial charge in [-0.05, 0) is 44.6 Å². The molecular formula is C17H24N4O3S2. The monoisotopic (exact) mass is 396 g/mol. The number of nitrogens with zero attached hydrogens (tertiary/aromatic N) is 3. The number of furan rings is 1. The molecule has 1 N–H and O–H groups in total. The molecule has 1 aliphatic heterocycles. The van der Waals surface area contributed by atoms with Gasteiger partial charge in [0.05, 0.1) is 36.0 Å². The molecule has 142 valence electrons. The predicted octanol–water partition coefficient (Wildman–Crippen LogP) is 1.96. The van der Waals surface area contributed by atoms with Gasteiger partial charge < -0.3 is 14.6 Å². The average Bonchev–Trinajstić information content (AvgIpc) is 3.28. The van der Waals surface area contributed by atoms with Crippen molar-refractivity contribution in [2.45, 2.75) is 39.4 Å². The van der Waals surface area contributed by atoms with Crippen LogP contribution in [0.15, 0.2) is 22.8 Å². The normalized spacial score (nSPS) is 18.8. The van der Waals surface area contributed by atoms with E-state index in [9.17, 15) is 8.42 Å². The van der Waals surface area contributed by atoms with Crippen molar-refractivity contribution in [3.63, 3.8) is 0 Å². The van der Waals surface area contributed by atoms with E-state index in [1.54, 1.807) is 6.26 Å². The van der Waals surface area contributed by atoms with Crippen molar-refractivity contribution in [1.29, 1.82) is 0 Å². The molecule has 7 nitrogen and oxygen atoms in total. The third-order valence-corrected chi connectivity index (χ3v) is 6.97. The second kappa shape index (κ2) is 7.40. The molecule has 1 fully saturated rings. The Morgan fingerprint density at radius 1 is 1.50 bits per heavy atom. The first-order valence-electron chi connectivity index (χ1n) is 8.53. The fourth-order valence-corrected chi connectivity index (χ4v) is 5.10. The van der Waals surface area contributed by atoms with E-state index in [1.807, 2.05) is 42.6 Å². The molecule has 3 rings (SSSR count). The van der Waals surface area contributed by atoms with Crippen molar-refractivity contribution >= 4 is 27.2 Å². The van der Waals surface area contributed by atoms with Crippen molar-refractivity contribution in [2.24, 2.45) is 0 Å². The molecule has 0 aromatic carbocycles. The second-order valence-electron chi connectivity index (χ2n) is 6.74. The summed E-state index contributed by atoms with van der Waals surface area (Å²) in [5.41, 5.74) is 3.00. The van der Waals surface area contributed by atoms with Gasteiger partial charge in [0.2, 0.25) is 0 Å². The average molecular weight is 397 g/mol. The van der Waals surface area contributed by atoms with Gasteiger partial charge in [-0.25, -0.2) is 8.42 Å². The zero-order chi connectivity index (χ0) is 18.9. The molecule has 0 spiro atoms. The largest absolute Gasteiger partial charge is 0.467 e. The van der Waals surface area contributed by atoms with E-state index in [-0.39, 0.29) is 17.5 Å². The molecule has 0 saturated carbocycles. The summed E-state index contributed by atoms with van der Waals surface area (Å²) in [4.78, 5) is 1.95. The second-order valence-corrected chi connectivity index (χ2v) is 9.36. The Labute approximate surface area is 159 Å². The fraction of sp³-hybridized carbons (Fsp3) is 0.529. The zero-order valence-corrected chi connectivity index (χ0v) is 16.9. The van der Waals surface area contributed by atoms with Gasteiger partial charge in [-0.15, -0.1) is 0 Å². The SMILES string of the molecule is Cc1nn([C@H]2CCS(=O)(=O)C2)c(C)c1CN(C)C(=S)NCc1ccco1. The van der Waals surface area contributed by atoms with Crippen LogP contribution in [-0.4, -0.2) is 46.8 Å². The highest BCUT2D eigenvalue weighted by atomic mass is 32.2. The first kappa shape index (κ1) is 18.9. The van der Waals surface area contributed by atoms with Gasteiger partial charge in [0, 0.05) is 24.8 Å². The number of thiocarbonyl (C=S) groups is 1. The maximum Gasteiger partial charge on any atom is 0.169 e. The molecule has 9 heteroatoms. The molecule has 0 aliphatic carbocycles. The first-order chi connectivity index (χ1) is 12.3. The number of sulfone groups is 1. The molecule has 1 aliphatic rings. The minimum absolute atomic E-state index is 0.0678. The number of rotatable bonds is 5. The van der Waals surface area contributed by atoms with Crippen molar-refractivity contribution in [1.82, 2.24) is 20.0 Å². The maximum absolute atomic E-state index is 11.8. The van der Waals surface area contributed by atoms with Gasteiger partial charge in [0.15, 0.2) is 14.9 Å². The van der Waals surface area contributed by atoms with Crippen LogP contribution >= 0.6 is 12.2 Å². The highest BCUT2D eigenvalue weighted by Crippen LogP contribution is 2.27. The van der Waals surface area contributed by atoms with Crippen LogP contribution in [0.3, 0.4) is 0 Å². The molecule has 1 saturated heterocycles. The Hall–Kier alpha value is -1.87. The van der Waals surface area contributed by atoms with Gasteiger partial charge >= 0.3 is 0 Å². The number of hydrogen-bond donors (Lipinski definition) is 1. The van der Waals surface area contributed by atoms with Crippen LogP contribution in [0.1, 0.15) is 35.2 Å². The van der Waals surface area contributed by atoms with Crippen molar-refractivity contribution < 1.29 is 12.8 Å². The molecule has 26 heavy (non-hydrogen) atoms. The summed E-state index contributed by atoms with van der Waals surface area (Å²) in [6.45, 7) is 5.09. The quantitative estimate of drug-likeness (QED) is 0.774. The third-order valence-electron chi connectivity index (χ3n) is 4.77. The van der Waals surface area contributed by atoms with Crippen molar-refractivity contribution in [3.8, 4) is 0 Å². The highest BCUT2D eigenvalue weighted by Gasteiger charge is 2.31. The molecule has 0 amide bonds. The van der Waals surface area contributed by atoms with Crippen molar-refractivity contribution in [2.75, 3.05) is 18.6 Å². The molecule has 0 unspecified atom stereocenters. The highest BCUT2D eigenvalue weighted by molar-refractivity contribution is 7.91. The van der Waals surface area contributed by atoms with Crippen LogP contribution in [0.4, 0.5) is 0 Å². The standard InChI is InChI=1S/C17H24N4O3S2/c1-12-16(10-20(3)17(25)18-9-15-5-4-7-24-15)13(2)21(19-12)14-6-8-26(22,23)11-14/h4-5,7,14H,6,8-11H2,1-3H3,(H,18,25)/t14-/m0/s1. The van der Waals surface area contributed by atoms with E-state index >= 15 is 0 Å². The van der Waals surface area contributed by atoms with E-state index < -0.39 is 9.84 Å². The smallest absolute Gasteiger partial charge is 0.169 e. The van der Waals surface area contributed by atoms with Crippen LogP contribution in [0.2, 0.25) is 0 Å². The van der Waals surface area contributed by atoms with Crippen LogP contribution in [0.25, 0.3) is 0 Å². The number of hydrogen-bond acceptors (Lipinski definition) is 5. The van der Waals surface area contributed by atoms with E-state index in [1.165, 1.54) is 0 Å². The van der Waals surface area contributed by atoms with E-state index in [0.717, 1.165) is 22.7 Å². The molecule has 0 radical (unpaired) electrons. The molecule has 2 aromatic heterocycles. The number of aryl methyl sites for hydroxylation is 1. The number of aromatic nitrogens is 2. The minimum Gasteiger partial charge on any atom is -0.467 e. The molecule has 1 atom stereocenters. The molecule has 3 heterocycles. The lowest BCUT2D eigenvalue weighted by Gasteiger charge is -2.21. The van der Waals surface area contributed by atoms with Crippen LogP contribution < -0.4 is 5.32 Å². The van der Waals surface area contributed by atoms with Crippen LogP contribution in [-0.2, 0) is 22.9 Å². The van der Waals surface area contributed by atoms with E-state index in [4.69, 9.17) is 16.6 Å². The summed E-state index contributed by atoms with van der Waals surface area (Å²) in [5.74, 6) is 1.24. The van der Waals surface area contributed by atoms with E-state index in [0.29, 0.717) is 24.6 Å². The molecule has 2 aromatic rings. The van der Waals surface area contributed by atoms with Crippen LogP contribution in [0, 0.1) is 13.8 Å². The number of nitrogens with one attached hydrogen (secondary N) is 1. The summed E-state index contributed by atoms with van der Waals surface area (Å²) < 4.78 is 30.7. The fourth-order valence-electron chi connectivity index (χ4n) is 3.27. The Bertz CT molecular complexity index is 888. The minimum atomic E-state index is -2.94. The Balaban J connectivity index is 1.66. The third kappa shape index (κ3) is 4.09. The Morgan fingerprint density at radius 3 is 2.88 bits per heavy atom. The summed E-state index contributed by atoms with van der Waals surface area (Å²) in [6.07, 6.45) is 2.26. The summed E-state index contributed by atoms with van der Waals surface area (Å²) in [7, 11) is -1.02. The summed E-state index contributed by atoms with van der Waals surface area (Å²) in [5, 5.41) is 8.40. The lowest BCUT2D eigenvalue weighted by atomic mass is 10.2. The Morgan fingerprint density at radius 2 is 2.27 bits per heavy atom. The topological polar surface area (TPSA) is 80.4 Å². The van der Waals surface area contributed by atoms with Gasteiger partial charge in [-0.1, -0.05) is 0 Å². The maximum atomic E-state index is 11.8. The lowest BCUT2D eigenvalue weighted by molar-refractivity contribution is 0.463. The molecule has 0 bridgehead atoms. The van der Waals surface area contributed by atoms with E-state index in [2.05, 4.69) is 10.4 Å². The predicted molar refractivity (Wildman–Crippen MR) is 104 cm³/mol. The van der Waals surface area contributed by atoms with Gasteiger partial charge in [0.1, 0.15) is 5.76 Å². The van der Waals surface area contributed by atoms with Crippen LogP contribution in [0.5, 0.6) is 0 Å². The molecular weight excluding hydrogens is 372 g/mol. The van der Waals surface area contributed by atoms with Gasteiger partial charge in [-0.2, -0.15) is 5.10 Å². The Kier molecular flexibility index (Phi) is 5.38. The lowest BCUT2D eigenvalue weighted by Crippen LogP contribution is -2.36. The van der Waals surface area contributed by atoms with Gasteiger partial charge in [0.25, 0.3) is 0 Å². The zero-order valence-electron chi connectivity index (χ0n) is 15.2. The van der Waals surface area contributed by atoms with Gasteiger partial charge in [-0.3, -0.25) is 4.68 Å². The first-order valence-corrected chi connectivity index (χ1v) is 10.8. The van der Waals surface area contributed by atoms with Crippen molar-refractivity contribution in [3.05, 3.63) is 41.1 Å². The summed E-state index contributed by atoms with van der Waals surface area (Å²) in [6, 6.07) is 3.67.